The van der Waals surface area contributed by atoms with E-state index in [9.17, 15) is 42.4 Å². The van der Waals surface area contributed by atoms with Gasteiger partial charge in [-0.2, -0.15) is 5.26 Å². The van der Waals surface area contributed by atoms with Gasteiger partial charge in [0.15, 0.2) is 0 Å². The first kappa shape index (κ1) is 54.8. The van der Waals surface area contributed by atoms with E-state index in [1.165, 1.54) is 18.8 Å². The minimum absolute atomic E-state index is 0.0646. The Labute approximate surface area is 430 Å². The predicted molar refractivity (Wildman–Crippen MR) is 278 cm³/mol. The lowest BCUT2D eigenvalue weighted by Gasteiger charge is -2.36. The molecule has 1 aliphatic carbocycles. The van der Waals surface area contributed by atoms with Crippen molar-refractivity contribution >= 4 is 57.5 Å². The summed E-state index contributed by atoms with van der Waals surface area (Å²) in [5.74, 6) is -5.12. The molecule has 0 aliphatic heterocycles. The first-order chi connectivity index (χ1) is 35.0. The number of benzene rings is 5. The maximum absolute atomic E-state index is 14.9. The largest absolute Gasteiger partial charge is 0.460 e. The number of amides is 5. The van der Waals surface area contributed by atoms with Crippen LogP contribution in [0.1, 0.15) is 80.2 Å². The smallest absolute Gasteiger partial charge is 0.407 e. The lowest BCUT2D eigenvalue weighted by Crippen LogP contribution is -2.56. The standard InChI is InChI=1S/C55H60N6O10S2/c1-54(2,3)71-50(64)31-30-46(51(65)58-35-49(63)61(33-32-56)73(68,69)34-18-29-48(62)57-4)59-52(66)47(60-53(67)70-36-45-43-27-16-14-25-41(43)42-26-15-17-28-44(42)45)37-72-55(38-19-8-5-9-20-38,39-21-10-6-11-22-39)40-23-12-7-13-24-40/h5-17,19-28,45-47H,18,29-31,33-37H2,1-4H3,(H,57,62)(H,58,65)(H,59,66)(H,60,67)/t46-,47-/m0/s1. The van der Waals surface area contributed by atoms with Gasteiger partial charge in [-0.25, -0.2) is 17.5 Å². The number of hydrogen-bond acceptors (Lipinski definition) is 12. The number of hydrogen-bond donors (Lipinski definition) is 4. The number of alkyl carbamates (subject to hydrolysis) is 1. The van der Waals surface area contributed by atoms with E-state index in [4.69, 9.17) is 9.47 Å². The van der Waals surface area contributed by atoms with E-state index in [1.807, 2.05) is 140 Å². The molecule has 382 valence electrons. The third-order valence-corrected chi connectivity index (χ3v) is 15.4. The number of esters is 1. The molecule has 0 saturated heterocycles. The van der Waals surface area contributed by atoms with Gasteiger partial charge in [-0.05, 0) is 72.6 Å². The minimum atomic E-state index is -4.41. The summed E-state index contributed by atoms with van der Waals surface area (Å²) in [5, 5.41) is 19.7. The molecule has 0 bridgehead atoms. The molecule has 2 atom stereocenters. The Morgan fingerprint density at radius 3 is 1.74 bits per heavy atom. The highest BCUT2D eigenvalue weighted by Crippen LogP contribution is 2.49. The van der Waals surface area contributed by atoms with E-state index < -0.39 is 87.0 Å². The van der Waals surface area contributed by atoms with Crippen LogP contribution in [-0.4, -0.2) is 104 Å². The second kappa shape index (κ2) is 25.3. The molecule has 1 aliphatic rings. The van der Waals surface area contributed by atoms with Gasteiger partial charge in [-0.3, -0.25) is 24.0 Å². The van der Waals surface area contributed by atoms with Gasteiger partial charge in [-0.15, -0.1) is 11.8 Å². The summed E-state index contributed by atoms with van der Waals surface area (Å²) in [6, 6.07) is 43.5. The maximum Gasteiger partial charge on any atom is 0.407 e. The monoisotopic (exact) mass is 1030 g/mol. The molecule has 0 unspecified atom stereocenters. The van der Waals surface area contributed by atoms with Crippen LogP contribution < -0.4 is 21.3 Å². The molecule has 6 rings (SSSR count). The van der Waals surface area contributed by atoms with Crippen LogP contribution in [-0.2, 0) is 48.2 Å². The minimum Gasteiger partial charge on any atom is -0.460 e. The molecule has 0 heterocycles. The fourth-order valence-corrected chi connectivity index (χ4v) is 11.5. The van der Waals surface area contributed by atoms with Crippen LogP contribution >= 0.6 is 11.8 Å². The van der Waals surface area contributed by atoms with Crippen LogP contribution in [0.25, 0.3) is 11.1 Å². The molecule has 0 spiro atoms. The first-order valence-electron chi connectivity index (χ1n) is 23.8. The fourth-order valence-electron chi connectivity index (χ4n) is 8.57. The zero-order valence-corrected chi connectivity index (χ0v) is 42.8. The summed E-state index contributed by atoms with van der Waals surface area (Å²) in [6.07, 6.45) is -1.92. The van der Waals surface area contributed by atoms with E-state index >= 15 is 0 Å². The summed E-state index contributed by atoms with van der Waals surface area (Å²) in [6.45, 7) is 3.15. The van der Waals surface area contributed by atoms with Crippen molar-refractivity contribution in [3.05, 3.63) is 167 Å². The number of nitrogens with zero attached hydrogens (tertiary/aromatic N) is 2. The van der Waals surface area contributed by atoms with Crippen LogP contribution in [0.15, 0.2) is 140 Å². The number of sulfonamides is 1. The number of nitriles is 1. The highest BCUT2D eigenvalue weighted by molar-refractivity contribution is 8.00. The summed E-state index contributed by atoms with van der Waals surface area (Å²) in [4.78, 5) is 81.4. The van der Waals surface area contributed by atoms with Crippen LogP contribution in [0.4, 0.5) is 4.79 Å². The van der Waals surface area contributed by atoms with Gasteiger partial charge in [0.25, 0.3) is 5.91 Å². The molecule has 5 amide bonds. The topological polar surface area (TPSA) is 230 Å². The van der Waals surface area contributed by atoms with E-state index in [-0.39, 0.29) is 44.0 Å². The highest BCUT2D eigenvalue weighted by Gasteiger charge is 2.40. The van der Waals surface area contributed by atoms with E-state index in [2.05, 4.69) is 21.3 Å². The van der Waals surface area contributed by atoms with Crippen LogP contribution in [0.2, 0.25) is 0 Å². The van der Waals surface area contributed by atoms with Gasteiger partial charge < -0.3 is 30.7 Å². The summed E-state index contributed by atoms with van der Waals surface area (Å²) in [7, 11) is -3.02. The van der Waals surface area contributed by atoms with E-state index in [0.29, 0.717) is 4.31 Å². The quantitative estimate of drug-likeness (QED) is 0.0310. The van der Waals surface area contributed by atoms with Gasteiger partial charge in [0, 0.05) is 31.6 Å². The molecular weight excluding hydrogens is 969 g/mol. The zero-order chi connectivity index (χ0) is 52.6. The molecule has 0 saturated carbocycles. The second-order valence-electron chi connectivity index (χ2n) is 18.2. The summed E-state index contributed by atoms with van der Waals surface area (Å²) < 4.78 is 37.2. The Morgan fingerprint density at radius 2 is 1.23 bits per heavy atom. The Bertz CT molecular complexity index is 2750. The second-order valence-corrected chi connectivity index (χ2v) is 21.4. The molecule has 16 nitrogen and oxygen atoms in total. The van der Waals surface area contributed by atoms with Gasteiger partial charge in [0.2, 0.25) is 27.7 Å². The SMILES string of the molecule is CNC(=O)CCCS(=O)(=O)N(CC#N)C(=O)CNC(=O)[C@H](CCC(=O)OC(C)(C)C)NC(=O)[C@H](CSC(c1ccccc1)(c1ccccc1)c1ccccc1)NC(=O)OCC1c2ccccc2-c2ccccc21. The Kier molecular flexibility index (Phi) is 19.0. The van der Waals surface area contributed by atoms with Crippen molar-refractivity contribution in [3.8, 4) is 17.2 Å². The number of nitrogens with one attached hydrogen (secondary N) is 4. The number of carbonyl (C=O) groups excluding carboxylic acids is 6. The Balaban J connectivity index is 1.31. The summed E-state index contributed by atoms with van der Waals surface area (Å²) in [5.41, 5.74) is 5.72. The molecule has 5 aromatic carbocycles. The van der Waals surface area contributed by atoms with E-state index in [0.717, 1.165) is 38.9 Å². The number of carbonyl (C=O) groups is 6. The molecule has 0 fully saturated rings. The average molecular weight is 1030 g/mol. The van der Waals surface area contributed by atoms with Gasteiger partial charge in [0.1, 0.15) is 30.8 Å². The van der Waals surface area contributed by atoms with Crippen molar-refractivity contribution in [2.24, 2.45) is 0 Å². The van der Waals surface area contributed by atoms with Crippen molar-refractivity contribution < 1.29 is 46.7 Å². The first-order valence-corrected chi connectivity index (χ1v) is 26.4. The third kappa shape index (κ3) is 14.4. The normalized spacial score (nSPS) is 12.9. The molecule has 73 heavy (non-hydrogen) atoms. The Morgan fingerprint density at radius 1 is 0.712 bits per heavy atom. The molecular formula is C55H60N6O10S2. The van der Waals surface area contributed by atoms with Crippen LogP contribution in [0.5, 0.6) is 0 Å². The average Bonchev–Trinajstić information content (AvgIpc) is 3.70. The van der Waals surface area contributed by atoms with Gasteiger partial charge in [0.05, 0.1) is 23.1 Å². The lowest BCUT2D eigenvalue weighted by atomic mass is 9.84. The number of fused-ring (bicyclic) bond motifs is 3. The van der Waals surface area contributed by atoms with Gasteiger partial charge >= 0.3 is 12.1 Å². The molecule has 18 heteroatoms. The number of rotatable bonds is 23. The van der Waals surface area contributed by atoms with E-state index in [1.54, 1.807) is 26.8 Å². The fraction of sp³-hybridized carbons (Fsp3) is 0.327. The van der Waals surface area contributed by atoms with Crippen molar-refractivity contribution in [1.29, 1.82) is 5.26 Å². The maximum atomic E-state index is 14.9. The van der Waals surface area contributed by atoms with Crippen molar-refractivity contribution in [2.75, 3.05) is 38.2 Å². The lowest BCUT2D eigenvalue weighted by molar-refractivity contribution is -0.155. The van der Waals surface area contributed by atoms with Crippen molar-refractivity contribution in [1.82, 2.24) is 25.6 Å². The summed E-state index contributed by atoms with van der Waals surface area (Å²) >= 11 is 1.36. The zero-order valence-electron chi connectivity index (χ0n) is 41.2. The molecule has 0 aromatic heterocycles. The van der Waals surface area contributed by atoms with Crippen molar-refractivity contribution in [3.63, 3.8) is 0 Å². The number of thioether (sulfide) groups is 1. The molecule has 4 N–H and O–H groups in total. The third-order valence-electron chi connectivity index (χ3n) is 12.0. The molecule has 0 radical (unpaired) electrons. The van der Waals surface area contributed by atoms with Crippen molar-refractivity contribution in [2.45, 2.75) is 74.8 Å². The molecule has 5 aromatic rings. The van der Waals surface area contributed by atoms with Gasteiger partial charge in [-0.1, -0.05) is 140 Å². The Hall–Kier alpha value is -7.49. The highest BCUT2D eigenvalue weighted by atomic mass is 32.2. The van der Waals surface area contributed by atoms with Crippen LogP contribution in [0, 0.1) is 11.3 Å². The predicted octanol–water partition coefficient (Wildman–Crippen LogP) is 6.55. The number of ether oxygens (including phenoxy) is 2. The van der Waals surface area contributed by atoms with Crippen LogP contribution in [0.3, 0.4) is 0 Å².